The third-order valence-electron chi connectivity index (χ3n) is 5.08. The molecule has 0 amide bonds. The van der Waals surface area contributed by atoms with Crippen LogP contribution in [0.2, 0.25) is 0 Å². The summed E-state index contributed by atoms with van der Waals surface area (Å²) in [6, 6.07) is 8.40. The highest BCUT2D eigenvalue weighted by Crippen LogP contribution is 2.22. The van der Waals surface area contributed by atoms with Gasteiger partial charge in [-0.2, -0.15) is 5.26 Å². The smallest absolute Gasteiger partial charge is 0.146 e. The lowest BCUT2D eigenvalue weighted by atomic mass is 10.0. The first kappa shape index (κ1) is 24.4. The maximum absolute atomic E-state index is 9.60. The van der Waals surface area contributed by atoms with Crippen LogP contribution in [0, 0.1) is 18.3 Å². The highest BCUT2D eigenvalue weighted by Gasteiger charge is 2.15. The van der Waals surface area contributed by atoms with Crippen molar-refractivity contribution in [3.63, 3.8) is 0 Å². The van der Waals surface area contributed by atoms with Crippen LogP contribution in [0.4, 0.5) is 11.6 Å². The van der Waals surface area contributed by atoms with E-state index in [1.165, 1.54) is 0 Å². The van der Waals surface area contributed by atoms with E-state index in [9.17, 15) is 5.26 Å². The average Bonchev–Trinajstić information content (AvgIpc) is 2.76. The molecule has 0 spiro atoms. The molecule has 0 fully saturated rings. The van der Waals surface area contributed by atoms with Gasteiger partial charge < -0.3 is 15.4 Å². The molecule has 2 heterocycles. The summed E-state index contributed by atoms with van der Waals surface area (Å²) in [5.41, 5.74) is 5.16. The van der Waals surface area contributed by atoms with Crippen molar-refractivity contribution in [1.29, 1.82) is 5.26 Å². The van der Waals surface area contributed by atoms with Crippen LogP contribution in [0.1, 0.15) is 56.9 Å². The van der Waals surface area contributed by atoms with Gasteiger partial charge in [0.2, 0.25) is 0 Å². The summed E-state index contributed by atoms with van der Waals surface area (Å²) in [6.07, 6.45) is 5.53. The van der Waals surface area contributed by atoms with E-state index in [2.05, 4.69) is 45.9 Å². The van der Waals surface area contributed by atoms with E-state index < -0.39 is 0 Å². The van der Waals surface area contributed by atoms with Crippen molar-refractivity contribution in [2.75, 3.05) is 23.8 Å². The molecule has 0 saturated heterocycles. The number of pyridine rings is 2. The Kier molecular flexibility index (Phi) is 10.0. The van der Waals surface area contributed by atoms with Crippen molar-refractivity contribution in [2.24, 2.45) is 5.84 Å². The number of ether oxygens (including phenoxy) is 1. The zero-order chi connectivity index (χ0) is 22.6. The molecule has 0 aliphatic rings. The van der Waals surface area contributed by atoms with E-state index in [1.807, 2.05) is 32.0 Å². The molecule has 0 saturated carbocycles. The minimum atomic E-state index is 0.193. The van der Waals surface area contributed by atoms with Crippen LogP contribution in [-0.4, -0.2) is 35.2 Å². The molecule has 8 nitrogen and oxygen atoms in total. The highest BCUT2D eigenvalue weighted by atomic mass is 16.5. The van der Waals surface area contributed by atoms with Gasteiger partial charge in [0.25, 0.3) is 0 Å². The predicted molar refractivity (Wildman–Crippen MR) is 125 cm³/mol. The number of hydrogen-bond donors (Lipinski definition) is 4. The number of hydrazine groups is 1. The van der Waals surface area contributed by atoms with Gasteiger partial charge in [-0.1, -0.05) is 20.3 Å². The molecular formula is C23H35N7O. The Bertz CT molecular complexity index is 865. The van der Waals surface area contributed by atoms with E-state index in [-0.39, 0.29) is 12.1 Å². The molecule has 2 aromatic rings. The fourth-order valence-electron chi connectivity index (χ4n) is 3.47. The fourth-order valence-corrected chi connectivity index (χ4v) is 3.47. The van der Waals surface area contributed by atoms with Crippen molar-refractivity contribution in [2.45, 2.75) is 65.5 Å². The lowest BCUT2D eigenvalue weighted by Crippen LogP contribution is -2.37. The first-order valence-corrected chi connectivity index (χ1v) is 11.0. The molecule has 2 atom stereocenters. The number of nitrogens with one attached hydrogen (secondary N) is 3. The van der Waals surface area contributed by atoms with Crippen molar-refractivity contribution >= 4 is 11.6 Å². The lowest BCUT2D eigenvalue weighted by molar-refractivity contribution is 0.327. The van der Waals surface area contributed by atoms with Crippen molar-refractivity contribution in [1.82, 2.24) is 15.4 Å². The number of aromatic nitrogens is 2. The number of aryl methyl sites for hydroxylation is 2. The van der Waals surface area contributed by atoms with Crippen LogP contribution in [0.5, 0.6) is 5.75 Å². The van der Waals surface area contributed by atoms with Gasteiger partial charge in [-0.15, -0.1) is 0 Å². The van der Waals surface area contributed by atoms with E-state index >= 15 is 0 Å². The molecule has 5 N–H and O–H groups in total. The number of nitriles is 1. The SMILES string of the molecule is CCCC(CC(C)NN)Nc1cc(C)c(C#N)c(NCCOc2cccnc2CC)n1. The number of hydrogen-bond acceptors (Lipinski definition) is 8. The zero-order valence-electron chi connectivity index (χ0n) is 19.0. The van der Waals surface area contributed by atoms with Crippen LogP contribution in [0.25, 0.3) is 0 Å². The second kappa shape index (κ2) is 12.7. The number of nitrogens with two attached hydrogens (primary N) is 1. The molecule has 0 radical (unpaired) electrons. The Morgan fingerprint density at radius 2 is 2.13 bits per heavy atom. The highest BCUT2D eigenvalue weighted by molar-refractivity contribution is 5.61. The van der Waals surface area contributed by atoms with E-state index in [0.717, 1.165) is 48.5 Å². The summed E-state index contributed by atoms with van der Waals surface area (Å²) in [5.74, 6) is 7.68. The minimum Gasteiger partial charge on any atom is -0.490 e. The van der Waals surface area contributed by atoms with E-state index in [4.69, 9.17) is 10.6 Å². The maximum Gasteiger partial charge on any atom is 0.146 e. The topological polar surface area (TPSA) is 121 Å². The second-order valence-electron chi connectivity index (χ2n) is 7.67. The Morgan fingerprint density at radius 3 is 2.81 bits per heavy atom. The third-order valence-corrected chi connectivity index (χ3v) is 5.08. The predicted octanol–water partition coefficient (Wildman–Crippen LogP) is 3.53. The zero-order valence-corrected chi connectivity index (χ0v) is 19.0. The first-order chi connectivity index (χ1) is 15.0. The number of rotatable bonds is 13. The van der Waals surface area contributed by atoms with Crippen molar-refractivity contribution < 1.29 is 4.74 Å². The molecule has 31 heavy (non-hydrogen) atoms. The number of nitrogens with zero attached hydrogens (tertiary/aromatic N) is 3. The van der Waals surface area contributed by atoms with Gasteiger partial charge in [0.05, 0.1) is 17.8 Å². The van der Waals surface area contributed by atoms with E-state index in [1.54, 1.807) is 6.20 Å². The molecule has 168 valence electrons. The van der Waals surface area contributed by atoms with E-state index in [0.29, 0.717) is 24.5 Å². The summed E-state index contributed by atoms with van der Waals surface area (Å²) in [7, 11) is 0. The summed E-state index contributed by atoms with van der Waals surface area (Å²) in [6.45, 7) is 9.16. The van der Waals surface area contributed by atoms with Gasteiger partial charge in [-0.3, -0.25) is 16.3 Å². The quantitative estimate of drug-likeness (QED) is 0.218. The molecule has 2 rings (SSSR count). The van der Waals surface area contributed by atoms with Crippen LogP contribution >= 0.6 is 0 Å². The molecule has 2 unspecified atom stereocenters. The van der Waals surface area contributed by atoms with Crippen molar-refractivity contribution in [3.8, 4) is 11.8 Å². The molecule has 0 bridgehead atoms. The van der Waals surface area contributed by atoms with Gasteiger partial charge in [0, 0.05) is 18.3 Å². The molecule has 0 aromatic carbocycles. The van der Waals surface area contributed by atoms with Gasteiger partial charge >= 0.3 is 0 Å². The third kappa shape index (κ3) is 7.39. The standard InChI is InChI=1S/C23H35N7O/c1-5-8-18(14-17(4)30-25)28-22-13-16(3)19(15-24)23(29-22)27-11-12-31-21-9-7-10-26-20(21)6-2/h7,9-10,13,17-18,30H,5-6,8,11-12,14,25H2,1-4H3,(H2,27,28,29). The summed E-state index contributed by atoms with van der Waals surface area (Å²) < 4.78 is 5.87. The van der Waals surface area contributed by atoms with Gasteiger partial charge in [0.15, 0.2) is 0 Å². The lowest BCUT2D eigenvalue weighted by Gasteiger charge is -2.23. The van der Waals surface area contributed by atoms with Crippen molar-refractivity contribution in [3.05, 3.63) is 41.2 Å². The maximum atomic E-state index is 9.60. The van der Waals surface area contributed by atoms with Crippen LogP contribution in [0.3, 0.4) is 0 Å². The Balaban J connectivity index is 2.06. The Hall–Kier alpha value is -2.89. The molecule has 0 aliphatic heterocycles. The fraction of sp³-hybridized carbons (Fsp3) is 0.522. The monoisotopic (exact) mass is 425 g/mol. The molecule has 2 aromatic heterocycles. The molecule has 8 heteroatoms. The van der Waals surface area contributed by atoms with Gasteiger partial charge in [-0.25, -0.2) is 4.98 Å². The minimum absolute atomic E-state index is 0.193. The average molecular weight is 426 g/mol. The van der Waals surface area contributed by atoms with Crippen LogP contribution in [-0.2, 0) is 6.42 Å². The normalized spacial score (nSPS) is 12.6. The summed E-state index contributed by atoms with van der Waals surface area (Å²) in [4.78, 5) is 9.01. The summed E-state index contributed by atoms with van der Waals surface area (Å²) in [5, 5.41) is 16.4. The van der Waals surface area contributed by atoms with Gasteiger partial charge in [0.1, 0.15) is 30.1 Å². The largest absolute Gasteiger partial charge is 0.490 e. The number of anilines is 2. The molecule has 0 aliphatic carbocycles. The Morgan fingerprint density at radius 1 is 1.32 bits per heavy atom. The van der Waals surface area contributed by atoms with Crippen LogP contribution < -0.4 is 26.6 Å². The van der Waals surface area contributed by atoms with Gasteiger partial charge in [-0.05, 0) is 56.9 Å². The first-order valence-electron chi connectivity index (χ1n) is 11.0. The molecular weight excluding hydrogens is 390 g/mol. The van der Waals surface area contributed by atoms with Crippen LogP contribution in [0.15, 0.2) is 24.4 Å². The Labute approximate surface area is 185 Å². The second-order valence-corrected chi connectivity index (χ2v) is 7.67. The summed E-state index contributed by atoms with van der Waals surface area (Å²) >= 11 is 0.